The third-order valence-corrected chi connectivity index (χ3v) is 4.81. The Hall–Kier alpha value is -3.68. The van der Waals surface area contributed by atoms with E-state index in [0.717, 1.165) is 33.9 Å². The van der Waals surface area contributed by atoms with Gasteiger partial charge in [0.05, 0.1) is 5.69 Å². The van der Waals surface area contributed by atoms with Gasteiger partial charge in [-0.2, -0.15) is 10.1 Å². The highest BCUT2D eigenvalue weighted by molar-refractivity contribution is 5.91. The zero-order valence-electron chi connectivity index (χ0n) is 16.5. The second kappa shape index (κ2) is 7.75. The van der Waals surface area contributed by atoms with Crippen molar-refractivity contribution < 1.29 is 4.79 Å². The van der Waals surface area contributed by atoms with Gasteiger partial charge in [-0.05, 0) is 51.0 Å². The van der Waals surface area contributed by atoms with Gasteiger partial charge < -0.3 is 5.32 Å². The standard InChI is InChI=1S/C21H21N7O/c1-13-18(14(2)28-21(25-13)23-12-24-28)7-8-20(29)27-17-6-4-5-16(11-17)19-9-10-22-15(3)26-19/h4-6,9-12H,7-8H2,1-3H3,(H,27,29). The molecule has 0 spiro atoms. The lowest BCUT2D eigenvalue weighted by atomic mass is 10.1. The van der Waals surface area contributed by atoms with Gasteiger partial charge in [0.25, 0.3) is 5.78 Å². The van der Waals surface area contributed by atoms with Crippen LogP contribution in [0.5, 0.6) is 0 Å². The number of fused-ring (bicyclic) bond motifs is 1. The van der Waals surface area contributed by atoms with Crippen LogP contribution in [0, 0.1) is 20.8 Å². The van der Waals surface area contributed by atoms with E-state index in [9.17, 15) is 4.79 Å². The number of carbonyl (C=O) groups is 1. The van der Waals surface area contributed by atoms with Gasteiger partial charge in [-0.15, -0.1) is 0 Å². The lowest BCUT2D eigenvalue weighted by molar-refractivity contribution is -0.116. The second-order valence-electron chi connectivity index (χ2n) is 6.85. The van der Waals surface area contributed by atoms with Crippen LogP contribution in [0.2, 0.25) is 0 Å². The van der Waals surface area contributed by atoms with E-state index in [0.29, 0.717) is 24.4 Å². The fraction of sp³-hybridized carbons (Fsp3) is 0.238. The highest BCUT2D eigenvalue weighted by atomic mass is 16.1. The third-order valence-electron chi connectivity index (χ3n) is 4.81. The van der Waals surface area contributed by atoms with Crippen LogP contribution in [0.4, 0.5) is 5.69 Å². The van der Waals surface area contributed by atoms with Gasteiger partial charge in [-0.3, -0.25) is 4.79 Å². The van der Waals surface area contributed by atoms with Crippen molar-refractivity contribution in [2.75, 3.05) is 5.32 Å². The van der Waals surface area contributed by atoms with E-state index in [4.69, 9.17) is 0 Å². The molecule has 0 saturated heterocycles. The molecule has 4 rings (SSSR count). The van der Waals surface area contributed by atoms with Gasteiger partial charge in [0, 0.05) is 35.3 Å². The number of aromatic nitrogens is 6. The lowest BCUT2D eigenvalue weighted by Crippen LogP contribution is -2.14. The molecule has 1 N–H and O–H groups in total. The maximum atomic E-state index is 12.5. The van der Waals surface area contributed by atoms with E-state index >= 15 is 0 Å². The van der Waals surface area contributed by atoms with Crippen LogP contribution in [0.25, 0.3) is 17.0 Å². The number of carbonyl (C=O) groups excluding carboxylic acids is 1. The fourth-order valence-electron chi connectivity index (χ4n) is 3.35. The van der Waals surface area contributed by atoms with Crippen molar-refractivity contribution >= 4 is 17.4 Å². The van der Waals surface area contributed by atoms with Gasteiger partial charge in [0.2, 0.25) is 5.91 Å². The number of nitrogens with one attached hydrogen (secondary N) is 1. The molecule has 0 atom stereocenters. The molecule has 0 aliphatic carbocycles. The predicted molar refractivity (Wildman–Crippen MR) is 109 cm³/mol. The van der Waals surface area contributed by atoms with E-state index in [1.165, 1.54) is 6.33 Å². The van der Waals surface area contributed by atoms with E-state index < -0.39 is 0 Å². The molecule has 29 heavy (non-hydrogen) atoms. The van der Waals surface area contributed by atoms with E-state index in [1.807, 2.05) is 51.1 Å². The fourth-order valence-corrected chi connectivity index (χ4v) is 3.35. The SMILES string of the molecule is Cc1nccc(-c2cccc(NC(=O)CCc3c(C)nc4ncnn4c3C)c2)n1. The van der Waals surface area contributed by atoms with E-state index in [2.05, 4.69) is 30.4 Å². The summed E-state index contributed by atoms with van der Waals surface area (Å²) in [6, 6.07) is 9.50. The summed E-state index contributed by atoms with van der Waals surface area (Å²) < 4.78 is 1.70. The third kappa shape index (κ3) is 3.96. The van der Waals surface area contributed by atoms with Crippen molar-refractivity contribution in [3.63, 3.8) is 0 Å². The number of aryl methyl sites for hydroxylation is 3. The van der Waals surface area contributed by atoms with Gasteiger partial charge in [0.15, 0.2) is 0 Å². The number of anilines is 1. The maximum Gasteiger partial charge on any atom is 0.252 e. The molecule has 0 saturated carbocycles. The van der Waals surface area contributed by atoms with Crippen LogP contribution in [-0.4, -0.2) is 35.5 Å². The summed E-state index contributed by atoms with van der Waals surface area (Å²) in [7, 11) is 0. The highest BCUT2D eigenvalue weighted by Crippen LogP contribution is 2.21. The zero-order chi connectivity index (χ0) is 20.4. The lowest BCUT2D eigenvalue weighted by Gasteiger charge is -2.11. The zero-order valence-corrected chi connectivity index (χ0v) is 16.5. The molecule has 146 valence electrons. The number of hydrogen-bond donors (Lipinski definition) is 1. The first-order chi connectivity index (χ1) is 14.0. The van der Waals surface area contributed by atoms with Gasteiger partial charge in [0.1, 0.15) is 12.2 Å². The Labute approximate surface area is 168 Å². The van der Waals surface area contributed by atoms with Crippen molar-refractivity contribution in [2.24, 2.45) is 0 Å². The molecular weight excluding hydrogens is 366 g/mol. The summed E-state index contributed by atoms with van der Waals surface area (Å²) in [5.74, 6) is 1.23. The summed E-state index contributed by atoms with van der Waals surface area (Å²) in [6.07, 6.45) is 4.14. The molecule has 8 nitrogen and oxygen atoms in total. The van der Waals surface area contributed by atoms with Gasteiger partial charge >= 0.3 is 0 Å². The number of nitrogens with zero attached hydrogens (tertiary/aromatic N) is 6. The molecular formula is C21H21N7O. The topological polar surface area (TPSA) is 98.0 Å². The first kappa shape index (κ1) is 18.7. The van der Waals surface area contributed by atoms with E-state index in [-0.39, 0.29) is 5.91 Å². The number of hydrogen-bond acceptors (Lipinski definition) is 6. The predicted octanol–water partition coefficient (Wildman–Crippen LogP) is 3.08. The van der Waals surface area contributed by atoms with Crippen LogP contribution in [0.1, 0.15) is 29.2 Å². The molecule has 0 unspecified atom stereocenters. The number of benzene rings is 1. The number of amides is 1. The van der Waals surface area contributed by atoms with E-state index in [1.54, 1.807) is 10.7 Å². The second-order valence-corrected chi connectivity index (χ2v) is 6.85. The first-order valence-corrected chi connectivity index (χ1v) is 9.37. The highest BCUT2D eigenvalue weighted by Gasteiger charge is 2.13. The molecule has 1 amide bonds. The van der Waals surface area contributed by atoms with Crippen LogP contribution in [-0.2, 0) is 11.2 Å². The molecule has 0 bridgehead atoms. The van der Waals surface area contributed by atoms with Crippen LogP contribution >= 0.6 is 0 Å². The first-order valence-electron chi connectivity index (χ1n) is 9.37. The molecule has 4 aromatic rings. The van der Waals surface area contributed by atoms with Crippen molar-refractivity contribution in [3.05, 3.63) is 65.6 Å². The Kier molecular flexibility index (Phi) is 4.99. The maximum absolute atomic E-state index is 12.5. The minimum atomic E-state index is -0.0569. The minimum absolute atomic E-state index is 0.0569. The van der Waals surface area contributed by atoms with Crippen LogP contribution < -0.4 is 5.32 Å². The molecule has 0 radical (unpaired) electrons. The monoisotopic (exact) mass is 387 g/mol. The summed E-state index contributed by atoms with van der Waals surface area (Å²) in [4.78, 5) is 29.7. The molecule has 8 heteroatoms. The summed E-state index contributed by atoms with van der Waals surface area (Å²) in [5, 5.41) is 7.16. The summed E-state index contributed by atoms with van der Waals surface area (Å²) in [6.45, 7) is 5.75. The molecule has 0 aliphatic rings. The van der Waals surface area contributed by atoms with Crippen molar-refractivity contribution in [3.8, 4) is 11.3 Å². The normalized spacial score (nSPS) is 11.0. The van der Waals surface area contributed by atoms with Crippen molar-refractivity contribution in [2.45, 2.75) is 33.6 Å². The molecule has 3 aromatic heterocycles. The molecule has 1 aromatic carbocycles. The Morgan fingerprint density at radius 1 is 1.10 bits per heavy atom. The molecule has 0 fully saturated rings. The quantitative estimate of drug-likeness (QED) is 0.565. The molecule has 3 heterocycles. The summed E-state index contributed by atoms with van der Waals surface area (Å²) >= 11 is 0. The van der Waals surface area contributed by atoms with Crippen molar-refractivity contribution in [1.82, 2.24) is 29.5 Å². The van der Waals surface area contributed by atoms with Gasteiger partial charge in [-0.25, -0.2) is 19.5 Å². The van der Waals surface area contributed by atoms with Crippen LogP contribution in [0.3, 0.4) is 0 Å². The van der Waals surface area contributed by atoms with Crippen molar-refractivity contribution in [1.29, 1.82) is 0 Å². The van der Waals surface area contributed by atoms with Crippen LogP contribution in [0.15, 0.2) is 42.9 Å². The van der Waals surface area contributed by atoms with Gasteiger partial charge in [-0.1, -0.05) is 12.1 Å². The number of rotatable bonds is 5. The Balaban J connectivity index is 1.46. The summed E-state index contributed by atoms with van der Waals surface area (Å²) in [5.41, 5.74) is 5.34. The molecule has 0 aliphatic heterocycles. The smallest absolute Gasteiger partial charge is 0.252 e. The average molecular weight is 387 g/mol. The Morgan fingerprint density at radius 2 is 1.97 bits per heavy atom. The minimum Gasteiger partial charge on any atom is -0.326 e. The Morgan fingerprint density at radius 3 is 2.79 bits per heavy atom. The Bertz CT molecular complexity index is 1200. The average Bonchev–Trinajstić information content (AvgIpc) is 3.16. The largest absolute Gasteiger partial charge is 0.326 e.